The summed E-state index contributed by atoms with van der Waals surface area (Å²) in [6, 6.07) is 4.77. The van der Waals surface area contributed by atoms with E-state index >= 15 is 0 Å². The van der Waals surface area contributed by atoms with Gasteiger partial charge in [-0.25, -0.2) is 4.39 Å². The lowest BCUT2D eigenvalue weighted by Crippen LogP contribution is -2.14. The molecule has 1 aromatic rings. The van der Waals surface area contributed by atoms with Crippen molar-refractivity contribution < 1.29 is 4.39 Å². The van der Waals surface area contributed by atoms with E-state index in [0.717, 1.165) is 18.4 Å². The Kier molecular flexibility index (Phi) is 4.04. The fourth-order valence-corrected chi connectivity index (χ4v) is 1.44. The molecule has 0 bridgehead atoms. The van der Waals surface area contributed by atoms with Gasteiger partial charge in [0.1, 0.15) is 5.82 Å². The van der Waals surface area contributed by atoms with E-state index in [1.165, 1.54) is 6.07 Å². The van der Waals surface area contributed by atoms with Crippen LogP contribution in [0.25, 0.3) is 0 Å². The number of hydrogen-bond donors (Lipinski definition) is 2. The maximum absolute atomic E-state index is 13.3. The van der Waals surface area contributed by atoms with E-state index in [2.05, 4.69) is 0 Å². The normalized spacial score (nSPS) is 12.9. The van der Waals surface area contributed by atoms with Gasteiger partial charge in [0.25, 0.3) is 0 Å². The fourth-order valence-electron chi connectivity index (χ4n) is 1.44. The first-order chi connectivity index (χ1) is 6.65. The maximum atomic E-state index is 13.3. The summed E-state index contributed by atoms with van der Waals surface area (Å²) in [4.78, 5) is 0. The van der Waals surface area contributed by atoms with Gasteiger partial charge in [-0.1, -0.05) is 17.7 Å². The van der Waals surface area contributed by atoms with E-state index in [-0.39, 0.29) is 11.9 Å². The van der Waals surface area contributed by atoms with E-state index in [0.29, 0.717) is 12.1 Å². The van der Waals surface area contributed by atoms with Crippen molar-refractivity contribution in [3.63, 3.8) is 0 Å². The molecular weight excluding hydrogens is 179 g/mol. The van der Waals surface area contributed by atoms with Gasteiger partial charge in [-0.2, -0.15) is 0 Å². The van der Waals surface area contributed by atoms with Crippen molar-refractivity contribution in [1.29, 1.82) is 0 Å². The Morgan fingerprint density at radius 2 is 2.14 bits per heavy atom. The average Bonchev–Trinajstić information content (AvgIpc) is 2.18. The molecule has 0 aliphatic rings. The van der Waals surface area contributed by atoms with Crippen molar-refractivity contribution in [2.75, 3.05) is 6.54 Å². The molecule has 78 valence electrons. The molecule has 0 aromatic heterocycles. The molecule has 3 heteroatoms. The van der Waals surface area contributed by atoms with Crippen molar-refractivity contribution in [2.45, 2.75) is 25.8 Å². The Balaban J connectivity index is 2.77. The van der Waals surface area contributed by atoms with Gasteiger partial charge in [0.15, 0.2) is 0 Å². The second-order valence-electron chi connectivity index (χ2n) is 3.56. The SMILES string of the molecule is Cc1ccc(F)c([C@H](N)CCCN)c1. The van der Waals surface area contributed by atoms with E-state index in [1.807, 2.05) is 6.92 Å². The first-order valence-corrected chi connectivity index (χ1v) is 4.87. The minimum absolute atomic E-state index is 0.222. The Bertz CT molecular complexity index is 299. The van der Waals surface area contributed by atoms with Crippen LogP contribution in [-0.4, -0.2) is 6.54 Å². The van der Waals surface area contributed by atoms with Gasteiger partial charge in [-0.3, -0.25) is 0 Å². The van der Waals surface area contributed by atoms with Crippen LogP contribution in [0.15, 0.2) is 18.2 Å². The first-order valence-electron chi connectivity index (χ1n) is 4.87. The Morgan fingerprint density at radius 3 is 2.79 bits per heavy atom. The van der Waals surface area contributed by atoms with Gasteiger partial charge < -0.3 is 11.5 Å². The van der Waals surface area contributed by atoms with Crippen LogP contribution in [0.4, 0.5) is 4.39 Å². The highest BCUT2D eigenvalue weighted by Crippen LogP contribution is 2.20. The number of hydrogen-bond acceptors (Lipinski definition) is 2. The Labute approximate surface area is 84.1 Å². The van der Waals surface area contributed by atoms with Crippen molar-refractivity contribution in [3.05, 3.63) is 35.1 Å². The zero-order valence-electron chi connectivity index (χ0n) is 8.46. The molecule has 0 aliphatic heterocycles. The molecule has 1 aromatic carbocycles. The molecule has 0 saturated heterocycles. The standard InChI is InChI=1S/C11H17FN2/c1-8-4-5-10(12)9(7-8)11(14)3-2-6-13/h4-5,7,11H,2-3,6,13-14H2,1H3/t11-/m1/s1. The maximum Gasteiger partial charge on any atom is 0.127 e. The van der Waals surface area contributed by atoms with Gasteiger partial charge in [-0.15, -0.1) is 0 Å². The molecule has 0 amide bonds. The molecule has 1 rings (SSSR count). The van der Waals surface area contributed by atoms with Gasteiger partial charge in [-0.05, 0) is 32.4 Å². The summed E-state index contributed by atoms with van der Waals surface area (Å²) in [6.07, 6.45) is 1.56. The van der Waals surface area contributed by atoms with E-state index in [4.69, 9.17) is 11.5 Å². The number of halogens is 1. The molecule has 4 N–H and O–H groups in total. The number of benzene rings is 1. The van der Waals surface area contributed by atoms with Crippen molar-refractivity contribution >= 4 is 0 Å². The third-order valence-electron chi connectivity index (χ3n) is 2.27. The van der Waals surface area contributed by atoms with Crippen LogP contribution >= 0.6 is 0 Å². The predicted molar refractivity (Wildman–Crippen MR) is 56.4 cm³/mol. The number of rotatable bonds is 4. The Hall–Kier alpha value is -0.930. The van der Waals surface area contributed by atoms with E-state index < -0.39 is 0 Å². The second-order valence-corrected chi connectivity index (χ2v) is 3.56. The van der Waals surface area contributed by atoms with E-state index in [1.54, 1.807) is 12.1 Å². The summed E-state index contributed by atoms with van der Waals surface area (Å²) in [6.45, 7) is 2.53. The summed E-state index contributed by atoms with van der Waals surface area (Å²) in [5.74, 6) is -0.222. The topological polar surface area (TPSA) is 52.0 Å². The second kappa shape index (κ2) is 5.08. The largest absolute Gasteiger partial charge is 0.330 e. The molecular formula is C11H17FN2. The highest BCUT2D eigenvalue weighted by Gasteiger charge is 2.10. The predicted octanol–water partition coefficient (Wildman–Crippen LogP) is 1.87. The molecule has 0 aliphatic carbocycles. The summed E-state index contributed by atoms with van der Waals surface area (Å²) in [5.41, 5.74) is 12.9. The van der Waals surface area contributed by atoms with Gasteiger partial charge in [0, 0.05) is 11.6 Å². The zero-order valence-corrected chi connectivity index (χ0v) is 8.46. The van der Waals surface area contributed by atoms with Crippen LogP contribution in [0.3, 0.4) is 0 Å². The molecule has 0 radical (unpaired) electrons. The number of aryl methyl sites for hydroxylation is 1. The summed E-state index contributed by atoms with van der Waals surface area (Å²) in [7, 11) is 0. The molecule has 0 spiro atoms. The minimum atomic E-state index is -0.238. The van der Waals surface area contributed by atoms with Gasteiger partial charge >= 0.3 is 0 Å². The smallest absolute Gasteiger partial charge is 0.127 e. The molecule has 1 atom stereocenters. The highest BCUT2D eigenvalue weighted by atomic mass is 19.1. The molecule has 14 heavy (non-hydrogen) atoms. The first kappa shape index (κ1) is 11.1. The van der Waals surface area contributed by atoms with Crippen molar-refractivity contribution in [2.24, 2.45) is 11.5 Å². The lowest BCUT2D eigenvalue weighted by atomic mass is 10.0. The van der Waals surface area contributed by atoms with Crippen molar-refractivity contribution in [3.8, 4) is 0 Å². The summed E-state index contributed by atoms with van der Waals surface area (Å²) < 4.78 is 13.3. The average molecular weight is 196 g/mol. The van der Waals surface area contributed by atoms with Gasteiger partial charge in [0.05, 0.1) is 0 Å². The molecule has 0 unspecified atom stereocenters. The third kappa shape index (κ3) is 2.79. The molecule has 0 saturated carbocycles. The van der Waals surface area contributed by atoms with Crippen LogP contribution in [0, 0.1) is 12.7 Å². The van der Waals surface area contributed by atoms with Crippen LogP contribution in [0.5, 0.6) is 0 Å². The Morgan fingerprint density at radius 1 is 1.43 bits per heavy atom. The quantitative estimate of drug-likeness (QED) is 0.772. The lowest BCUT2D eigenvalue weighted by Gasteiger charge is -2.12. The van der Waals surface area contributed by atoms with Crippen LogP contribution in [0.2, 0.25) is 0 Å². The van der Waals surface area contributed by atoms with E-state index in [9.17, 15) is 4.39 Å². The van der Waals surface area contributed by atoms with Crippen LogP contribution in [0.1, 0.15) is 30.0 Å². The third-order valence-corrected chi connectivity index (χ3v) is 2.27. The monoisotopic (exact) mass is 196 g/mol. The lowest BCUT2D eigenvalue weighted by molar-refractivity contribution is 0.553. The van der Waals surface area contributed by atoms with Crippen LogP contribution in [-0.2, 0) is 0 Å². The number of nitrogens with two attached hydrogens (primary N) is 2. The molecule has 0 fully saturated rings. The molecule has 0 heterocycles. The zero-order chi connectivity index (χ0) is 10.6. The summed E-state index contributed by atoms with van der Waals surface area (Å²) >= 11 is 0. The summed E-state index contributed by atoms with van der Waals surface area (Å²) in [5, 5.41) is 0. The molecule has 2 nitrogen and oxygen atoms in total. The fraction of sp³-hybridized carbons (Fsp3) is 0.455. The minimum Gasteiger partial charge on any atom is -0.330 e. The highest BCUT2D eigenvalue weighted by molar-refractivity contribution is 5.26. The van der Waals surface area contributed by atoms with Crippen molar-refractivity contribution in [1.82, 2.24) is 0 Å². The van der Waals surface area contributed by atoms with Crippen LogP contribution < -0.4 is 11.5 Å². The van der Waals surface area contributed by atoms with Gasteiger partial charge in [0.2, 0.25) is 0 Å².